The number of hydrogen-bond acceptors (Lipinski definition) is 0. The van der Waals surface area contributed by atoms with E-state index in [-0.39, 0.29) is 0 Å². The highest BCUT2D eigenvalue weighted by molar-refractivity contribution is 4.79. The van der Waals surface area contributed by atoms with Crippen LogP contribution >= 0.6 is 0 Å². The standard InChI is InChI=1S/C10H20/c1-5-7-8-9-10(3,4)6-2/h5,7H,6,8-9H2,1-4H3/b7-5-. The molecule has 0 rings (SSSR count). The lowest BCUT2D eigenvalue weighted by Gasteiger charge is -2.21. The van der Waals surface area contributed by atoms with Crippen LogP contribution in [-0.4, -0.2) is 0 Å². The van der Waals surface area contributed by atoms with E-state index in [0.29, 0.717) is 5.41 Å². The summed E-state index contributed by atoms with van der Waals surface area (Å²) in [5.41, 5.74) is 0.541. The zero-order valence-corrected chi connectivity index (χ0v) is 7.78. The largest absolute Gasteiger partial charge is 0.0917 e. The summed E-state index contributed by atoms with van der Waals surface area (Å²) in [4.78, 5) is 0. The summed E-state index contributed by atoms with van der Waals surface area (Å²) in [7, 11) is 0. The second-order valence-electron chi connectivity index (χ2n) is 3.63. The van der Waals surface area contributed by atoms with Gasteiger partial charge in [-0.3, -0.25) is 0 Å². The fourth-order valence-corrected chi connectivity index (χ4v) is 0.818. The van der Waals surface area contributed by atoms with Gasteiger partial charge in [0.15, 0.2) is 0 Å². The molecular weight excluding hydrogens is 120 g/mol. The predicted molar refractivity (Wildman–Crippen MR) is 48.1 cm³/mol. The lowest BCUT2D eigenvalue weighted by atomic mass is 9.85. The van der Waals surface area contributed by atoms with Crippen molar-refractivity contribution < 1.29 is 0 Å². The molecule has 0 nitrogen and oxygen atoms in total. The van der Waals surface area contributed by atoms with E-state index >= 15 is 0 Å². The molecule has 0 atom stereocenters. The maximum absolute atomic E-state index is 2.33. The zero-order chi connectivity index (χ0) is 8.04. The normalized spacial score (nSPS) is 12.8. The molecule has 0 saturated heterocycles. The molecule has 0 aromatic heterocycles. The SMILES string of the molecule is C/C=C\CCC(C)(C)CC. The van der Waals surface area contributed by atoms with Gasteiger partial charge in [0.1, 0.15) is 0 Å². The topological polar surface area (TPSA) is 0 Å². The maximum Gasteiger partial charge on any atom is -0.0346 e. The summed E-state index contributed by atoms with van der Waals surface area (Å²) in [5, 5.41) is 0. The van der Waals surface area contributed by atoms with Gasteiger partial charge in [-0.05, 0) is 25.2 Å². The Morgan fingerprint density at radius 1 is 1.30 bits per heavy atom. The van der Waals surface area contributed by atoms with E-state index in [1.807, 2.05) is 0 Å². The molecule has 0 saturated carbocycles. The zero-order valence-electron chi connectivity index (χ0n) is 7.78. The third-order valence-corrected chi connectivity index (χ3v) is 2.18. The third-order valence-electron chi connectivity index (χ3n) is 2.18. The minimum Gasteiger partial charge on any atom is -0.0917 e. The molecule has 10 heavy (non-hydrogen) atoms. The molecule has 0 aliphatic rings. The summed E-state index contributed by atoms with van der Waals surface area (Å²) >= 11 is 0. The fourth-order valence-electron chi connectivity index (χ4n) is 0.818. The molecule has 0 N–H and O–H groups in total. The van der Waals surface area contributed by atoms with Crippen molar-refractivity contribution >= 4 is 0 Å². The van der Waals surface area contributed by atoms with E-state index in [1.54, 1.807) is 0 Å². The summed E-state index contributed by atoms with van der Waals surface area (Å²) in [6.07, 6.45) is 8.21. The summed E-state index contributed by atoms with van der Waals surface area (Å²) < 4.78 is 0. The average Bonchev–Trinajstić information content (AvgIpc) is 1.89. The van der Waals surface area contributed by atoms with E-state index in [4.69, 9.17) is 0 Å². The molecule has 0 heteroatoms. The highest BCUT2D eigenvalue weighted by atomic mass is 14.2. The van der Waals surface area contributed by atoms with Gasteiger partial charge in [0, 0.05) is 0 Å². The molecule has 0 aliphatic heterocycles. The third kappa shape index (κ3) is 4.60. The van der Waals surface area contributed by atoms with Crippen molar-refractivity contribution in [3.8, 4) is 0 Å². The summed E-state index contributed by atoms with van der Waals surface area (Å²) in [6, 6.07) is 0. The molecule has 0 unspecified atom stereocenters. The van der Waals surface area contributed by atoms with Crippen LogP contribution in [0.5, 0.6) is 0 Å². The van der Waals surface area contributed by atoms with Crippen molar-refractivity contribution in [2.75, 3.05) is 0 Å². The van der Waals surface area contributed by atoms with Crippen LogP contribution in [0.1, 0.15) is 47.0 Å². The lowest BCUT2D eigenvalue weighted by molar-refractivity contribution is 0.325. The van der Waals surface area contributed by atoms with Crippen molar-refractivity contribution in [1.82, 2.24) is 0 Å². The van der Waals surface area contributed by atoms with Gasteiger partial charge < -0.3 is 0 Å². The Morgan fingerprint density at radius 3 is 2.30 bits per heavy atom. The minimum absolute atomic E-state index is 0.541. The highest BCUT2D eigenvalue weighted by Crippen LogP contribution is 2.25. The van der Waals surface area contributed by atoms with E-state index in [1.165, 1.54) is 19.3 Å². The van der Waals surface area contributed by atoms with E-state index in [0.717, 1.165) is 0 Å². The second kappa shape index (κ2) is 4.54. The molecule has 60 valence electrons. The van der Waals surface area contributed by atoms with E-state index in [9.17, 15) is 0 Å². The Balaban J connectivity index is 3.46. The quantitative estimate of drug-likeness (QED) is 0.521. The lowest BCUT2D eigenvalue weighted by Crippen LogP contribution is -2.08. The van der Waals surface area contributed by atoms with Gasteiger partial charge >= 0.3 is 0 Å². The van der Waals surface area contributed by atoms with Crippen LogP contribution in [-0.2, 0) is 0 Å². The van der Waals surface area contributed by atoms with Gasteiger partial charge in [-0.2, -0.15) is 0 Å². The van der Waals surface area contributed by atoms with Crippen molar-refractivity contribution in [3.63, 3.8) is 0 Å². The molecular formula is C10H20. The van der Waals surface area contributed by atoms with Crippen LogP contribution < -0.4 is 0 Å². The minimum atomic E-state index is 0.541. The van der Waals surface area contributed by atoms with Crippen LogP contribution in [0.2, 0.25) is 0 Å². The first-order valence-electron chi connectivity index (χ1n) is 4.23. The first-order chi connectivity index (χ1) is 4.62. The Labute approximate surface area is 65.3 Å². The van der Waals surface area contributed by atoms with Crippen LogP contribution in [0.25, 0.3) is 0 Å². The van der Waals surface area contributed by atoms with Gasteiger partial charge in [-0.25, -0.2) is 0 Å². The Morgan fingerprint density at radius 2 is 1.90 bits per heavy atom. The van der Waals surface area contributed by atoms with Gasteiger partial charge in [0.2, 0.25) is 0 Å². The van der Waals surface area contributed by atoms with Crippen LogP contribution in [0.3, 0.4) is 0 Å². The van der Waals surface area contributed by atoms with Crippen molar-refractivity contribution in [3.05, 3.63) is 12.2 Å². The summed E-state index contributed by atoms with van der Waals surface area (Å²) in [5.74, 6) is 0. The molecule has 0 bridgehead atoms. The average molecular weight is 140 g/mol. The van der Waals surface area contributed by atoms with Crippen molar-refractivity contribution in [2.24, 2.45) is 5.41 Å². The number of hydrogen-bond donors (Lipinski definition) is 0. The van der Waals surface area contributed by atoms with E-state index in [2.05, 4.69) is 39.8 Å². The molecule has 0 radical (unpaired) electrons. The first-order valence-corrected chi connectivity index (χ1v) is 4.23. The second-order valence-corrected chi connectivity index (χ2v) is 3.63. The van der Waals surface area contributed by atoms with Crippen molar-refractivity contribution in [2.45, 2.75) is 47.0 Å². The van der Waals surface area contributed by atoms with Gasteiger partial charge in [-0.1, -0.05) is 39.3 Å². The smallest absolute Gasteiger partial charge is 0.0346 e. The van der Waals surface area contributed by atoms with Crippen LogP contribution in [0.15, 0.2) is 12.2 Å². The molecule has 0 fully saturated rings. The number of allylic oxidation sites excluding steroid dienone is 2. The first kappa shape index (κ1) is 9.74. The molecule has 0 aliphatic carbocycles. The molecule has 0 spiro atoms. The molecule has 0 aromatic rings. The highest BCUT2D eigenvalue weighted by Gasteiger charge is 2.12. The van der Waals surface area contributed by atoms with Crippen LogP contribution in [0.4, 0.5) is 0 Å². The Hall–Kier alpha value is -0.260. The molecule has 0 amide bonds. The Bertz CT molecular complexity index is 98.6. The number of rotatable bonds is 4. The molecule has 0 aromatic carbocycles. The van der Waals surface area contributed by atoms with Gasteiger partial charge in [0.25, 0.3) is 0 Å². The van der Waals surface area contributed by atoms with Gasteiger partial charge in [-0.15, -0.1) is 0 Å². The maximum atomic E-state index is 2.33. The van der Waals surface area contributed by atoms with Crippen molar-refractivity contribution in [1.29, 1.82) is 0 Å². The summed E-state index contributed by atoms with van der Waals surface area (Å²) in [6.45, 7) is 9.00. The fraction of sp³-hybridized carbons (Fsp3) is 0.800. The molecule has 0 heterocycles. The predicted octanol–water partition coefficient (Wildman–Crippen LogP) is 3.78. The van der Waals surface area contributed by atoms with Crippen LogP contribution in [0, 0.1) is 5.41 Å². The monoisotopic (exact) mass is 140 g/mol. The van der Waals surface area contributed by atoms with E-state index < -0.39 is 0 Å². The Kier molecular flexibility index (Phi) is 4.42. The van der Waals surface area contributed by atoms with Gasteiger partial charge in [0.05, 0.1) is 0 Å².